The number of aromatic nitrogens is 2. The molecule has 0 aliphatic carbocycles. The monoisotopic (exact) mass is 267 g/mol. The molecular weight excluding hydrogens is 258 g/mol. The molecule has 0 saturated carbocycles. The Labute approximate surface area is 108 Å². The van der Waals surface area contributed by atoms with Gasteiger partial charge >= 0.3 is 0 Å². The number of hydrogen-bond acceptors (Lipinski definition) is 5. The van der Waals surface area contributed by atoms with E-state index in [-0.39, 0.29) is 16.8 Å². The number of hydrogen-bond donors (Lipinski definition) is 1. The van der Waals surface area contributed by atoms with Crippen molar-refractivity contribution in [3.05, 3.63) is 39.4 Å². The van der Waals surface area contributed by atoms with Crippen molar-refractivity contribution in [2.45, 2.75) is 13.0 Å². The van der Waals surface area contributed by atoms with E-state index in [1.54, 1.807) is 11.3 Å². The Morgan fingerprint density at radius 3 is 3.00 bits per heavy atom. The highest BCUT2D eigenvalue weighted by Crippen LogP contribution is 2.23. The first-order valence-corrected chi connectivity index (χ1v) is 6.28. The summed E-state index contributed by atoms with van der Waals surface area (Å²) in [7, 11) is 0. The van der Waals surface area contributed by atoms with Crippen LogP contribution in [0.25, 0.3) is 0 Å². The molecule has 0 fully saturated rings. The van der Waals surface area contributed by atoms with Gasteiger partial charge in [-0.2, -0.15) is 11.3 Å². The first-order chi connectivity index (χ1) is 8.22. The first-order valence-electron chi connectivity index (χ1n) is 4.96. The Bertz CT molecular complexity index is 515. The summed E-state index contributed by atoms with van der Waals surface area (Å²) in [5.74, 6) is 0.457. The Morgan fingerprint density at radius 1 is 1.53 bits per heavy atom. The molecule has 0 radical (unpaired) electrons. The minimum atomic E-state index is 0.0610. The topological polar surface area (TPSA) is 54.9 Å². The van der Waals surface area contributed by atoms with Crippen LogP contribution < -0.4 is 5.32 Å². The van der Waals surface area contributed by atoms with Gasteiger partial charge in [-0.3, -0.25) is 4.79 Å². The SMILES string of the molecule is CC(Nc1ncnc(Cl)c1C=O)c1ccsc1. The Balaban J connectivity index is 2.24. The molecule has 0 aliphatic rings. The minimum Gasteiger partial charge on any atom is -0.363 e. The molecule has 2 aromatic rings. The summed E-state index contributed by atoms with van der Waals surface area (Å²) in [6.07, 6.45) is 1.99. The van der Waals surface area contributed by atoms with E-state index in [1.165, 1.54) is 6.33 Å². The lowest BCUT2D eigenvalue weighted by molar-refractivity contribution is 0.112. The minimum absolute atomic E-state index is 0.0610. The zero-order valence-corrected chi connectivity index (χ0v) is 10.6. The fourth-order valence-corrected chi connectivity index (χ4v) is 2.34. The van der Waals surface area contributed by atoms with Crippen LogP contribution in [0.5, 0.6) is 0 Å². The maximum Gasteiger partial charge on any atom is 0.156 e. The molecule has 0 amide bonds. The Hall–Kier alpha value is -1.46. The lowest BCUT2D eigenvalue weighted by atomic mass is 10.2. The quantitative estimate of drug-likeness (QED) is 0.683. The van der Waals surface area contributed by atoms with Crippen LogP contribution in [0, 0.1) is 0 Å². The average Bonchev–Trinajstić information content (AvgIpc) is 2.82. The third-order valence-electron chi connectivity index (χ3n) is 2.35. The van der Waals surface area contributed by atoms with Crippen LogP contribution in [0.3, 0.4) is 0 Å². The third-order valence-corrected chi connectivity index (χ3v) is 3.35. The third kappa shape index (κ3) is 2.62. The second-order valence-electron chi connectivity index (χ2n) is 3.47. The first kappa shape index (κ1) is 12.0. The van der Waals surface area contributed by atoms with Crippen molar-refractivity contribution >= 4 is 35.0 Å². The molecule has 6 heteroatoms. The molecule has 0 bridgehead atoms. The van der Waals surface area contributed by atoms with Gasteiger partial charge in [0.05, 0.1) is 11.6 Å². The van der Waals surface area contributed by atoms with Crippen LogP contribution in [0.2, 0.25) is 5.15 Å². The molecule has 1 atom stereocenters. The second-order valence-corrected chi connectivity index (χ2v) is 4.61. The maximum atomic E-state index is 10.9. The standard InChI is InChI=1S/C11H10ClN3OS/c1-7(8-2-3-17-5-8)15-11-9(4-16)10(12)13-6-14-11/h2-7H,1H3,(H,13,14,15). The van der Waals surface area contributed by atoms with Crippen LogP contribution in [-0.2, 0) is 0 Å². The summed E-state index contributed by atoms with van der Waals surface area (Å²) in [4.78, 5) is 18.7. The lowest BCUT2D eigenvalue weighted by Crippen LogP contribution is -2.09. The lowest BCUT2D eigenvalue weighted by Gasteiger charge is -2.14. The molecular formula is C11H10ClN3OS. The van der Waals surface area contributed by atoms with Crippen LogP contribution in [0.15, 0.2) is 23.2 Å². The molecule has 2 heterocycles. The summed E-state index contributed by atoms with van der Waals surface area (Å²) in [5, 5.41) is 7.35. The maximum absolute atomic E-state index is 10.9. The summed E-state index contributed by atoms with van der Waals surface area (Å²) >= 11 is 7.44. The van der Waals surface area contributed by atoms with E-state index < -0.39 is 0 Å². The number of halogens is 1. The molecule has 2 rings (SSSR count). The summed E-state index contributed by atoms with van der Waals surface area (Å²) in [6.45, 7) is 1.99. The van der Waals surface area contributed by atoms with Gasteiger partial charge in [-0.15, -0.1) is 0 Å². The van der Waals surface area contributed by atoms with Crippen LogP contribution >= 0.6 is 22.9 Å². The van der Waals surface area contributed by atoms with Crippen LogP contribution in [0.1, 0.15) is 28.9 Å². The van der Waals surface area contributed by atoms with Crippen LogP contribution in [-0.4, -0.2) is 16.3 Å². The van der Waals surface area contributed by atoms with E-state index >= 15 is 0 Å². The number of anilines is 1. The van der Waals surface area contributed by atoms with Gasteiger partial charge in [0.15, 0.2) is 6.29 Å². The van der Waals surface area contributed by atoms with E-state index in [1.807, 2.05) is 23.8 Å². The summed E-state index contributed by atoms with van der Waals surface area (Å²) in [6, 6.07) is 2.08. The van der Waals surface area contributed by atoms with Crippen molar-refractivity contribution in [2.75, 3.05) is 5.32 Å². The fraction of sp³-hybridized carbons (Fsp3) is 0.182. The fourth-order valence-electron chi connectivity index (χ4n) is 1.40. The van der Waals surface area contributed by atoms with Gasteiger partial charge < -0.3 is 5.32 Å². The van der Waals surface area contributed by atoms with Gasteiger partial charge in [-0.1, -0.05) is 11.6 Å². The number of nitrogens with one attached hydrogen (secondary N) is 1. The van der Waals surface area contributed by atoms with Gasteiger partial charge in [-0.25, -0.2) is 9.97 Å². The smallest absolute Gasteiger partial charge is 0.156 e. The predicted molar refractivity (Wildman–Crippen MR) is 68.8 cm³/mol. The summed E-state index contributed by atoms with van der Waals surface area (Å²) < 4.78 is 0. The van der Waals surface area contributed by atoms with Crippen molar-refractivity contribution in [3.63, 3.8) is 0 Å². The number of rotatable bonds is 4. The number of thiophene rings is 1. The van der Waals surface area contributed by atoms with E-state index in [4.69, 9.17) is 11.6 Å². The second kappa shape index (κ2) is 5.25. The molecule has 0 aromatic carbocycles. The summed E-state index contributed by atoms with van der Waals surface area (Å²) in [5.41, 5.74) is 1.43. The Kier molecular flexibility index (Phi) is 3.71. The highest BCUT2D eigenvalue weighted by Gasteiger charge is 2.12. The van der Waals surface area contributed by atoms with Crippen molar-refractivity contribution in [1.29, 1.82) is 0 Å². The average molecular weight is 268 g/mol. The number of carbonyl (C=O) groups excluding carboxylic acids is 1. The van der Waals surface area contributed by atoms with E-state index in [2.05, 4.69) is 15.3 Å². The number of aldehydes is 1. The molecule has 1 N–H and O–H groups in total. The van der Waals surface area contributed by atoms with Gasteiger partial charge in [0.1, 0.15) is 17.3 Å². The predicted octanol–water partition coefficient (Wildman–Crippen LogP) is 3.18. The zero-order valence-electron chi connectivity index (χ0n) is 9.05. The highest BCUT2D eigenvalue weighted by molar-refractivity contribution is 7.07. The van der Waals surface area contributed by atoms with Crippen LogP contribution in [0.4, 0.5) is 5.82 Å². The number of nitrogens with zero attached hydrogens (tertiary/aromatic N) is 2. The molecule has 0 spiro atoms. The molecule has 4 nitrogen and oxygen atoms in total. The normalized spacial score (nSPS) is 12.1. The van der Waals surface area contributed by atoms with Crippen molar-refractivity contribution < 1.29 is 4.79 Å². The van der Waals surface area contributed by atoms with Crippen molar-refractivity contribution in [2.24, 2.45) is 0 Å². The molecule has 0 aliphatic heterocycles. The molecule has 2 aromatic heterocycles. The molecule has 1 unspecified atom stereocenters. The highest BCUT2D eigenvalue weighted by atomic mass is 35.5. The van der Waals surface area contributed by atoms with E-state index in [9.17, 15) is 4.79 Å². The van der Waals surface area contributed by atoms with Gasteiger partial charge in [-0.05, 0) is 29.3 Å². The van der Waals surface area contributed by atoms with E-state index in [0.29, 0.717) is 12.1 Å². The van der Waals surface area contributed by atoms with E-state index in [0.717, 1.165) is 5.56 Å². The Morgan fingerprint density at radius 2 is 2.35 bits per heavy atom. The number of carbonyl (C=O) groups is 1. The molecule has 88 valence electrons. The van der Waals surface area contributed by atoms with Gasteiger partial charge in [0.25, 0.3) is 0 Å². The largest absolute Gasteiger partial charge is 0.363 e. The molecule has 0 saturated heterocycles. The zero-order chi connectivity index (χ0) is 12.3. The van der Waals surface area contributed by atoms with Crippen molar-refractivity contribution in [3.8, 4) is 0 Å². The van der Waals surface area contributed by atoms with Gasteiger partial charge in [0, 0.05) is 0 Å². The molecule has 17 heavy (non-hydrogen) atoms. The van der Waals surface area contributed by atoms with Crippen molar-refractivity contribution in [1.82, 2.24) is 9.97 Å². The van der Waals surface area contributed by atoms with Gasteiger partial charge in [0.2, 0.25) is 0 Å².